The predicted molar refractivity (Wildman–Crippen MR) is 76.0 cm³/mol. The minimum absolute atomic E-state index is 0.832. The second-order valence-corrected chi connectivity index (χ2v) is 8.41. The van der Waals surface area contributed by atoms with Gasteiger partial charge in [-0.3, -0.25) is 0 Å². The van der Waals surface area contributed by atoms with E-state index in [1.165, 1.54) is 59.6 Å². The van der Waals surface area contributed by atoms with Crippen LogP contribution in [0.4, 0.5) is 0 Å². The molecule has 0 rings (SSSR count). The average Bonchev–Trinajstić information content (AvgIpc) is 2.21. The lowest BCUT2D eigenvalue weighted by Gasteiger charge is -1.98. The van der Waals surface area contributed by atoms with Crippen molar-refractivity contribution in [1.82, 2.24) is 0 Å². The third-order valence-corrected chi connectivity index (χ3v) is 6.75. The normalized spacial score (nSPS) is 12.4. The first-order valence-corrected chi connectivity index (χ1v) is 10.3. The molecular formula is C12H29P2+. The maximum absolute atomic E-state index is 2.30. The highest BCUT2D eigenvalue weighted by atomic mass is 32.0. The van der Waals surface area contributed by atoms with E-state index in [0.717, 1.165) is 8.27 Å². The van der Waals surface area contributed by atoms with E-state index in [-0.39, 0.29) is 0 Å². The molecule has 2 heteroatoms. The quantitative estimate of drug-likeness (QED) is 0.343. The van der Waals surface area contributed by atoms with Gasteiger partial charge in [0, 0.05) is 16.5 Å². The van der Waals surface area contributed by atoms with Crippen LogP contribution in [0.3, 0.4) is 0 Å². The fourth-order valence-corrected chi connectivity index (χ4v) is 5.44. The summed E-state index contributed by atoms with van der Waals surface area (Å²) in [5.41, 5.74) is 0. The highest BCUT2D eigenvalue weighted by Gasteiger charge is 1.95. The van der Waals surface area contributed by atoms with Crippen molar-refractivity contribution in [3.63, 3.8) is 0 Å². The van der Waals surface area contributed by atoms with E-state index in [4.69, 9.17) is 0 Å². The zero-order valence-corrected chi connectivity index (χ0v) is 12.3. The molecule has 2 atom stereocenters. The van der Waals surface area contributed by atoms with Crippen LogP contribution in [0, 0.1) is 0 Å². The Morgan fingerprint density at radius 3 is 2.14 bits per heavy atom. The topological polar surface area (TPSA) is 0 Å². The van der Waals surface area contributed by atoms with E-state index in [1.54, 1.807) is 12.3 Å². The first-order valence-electron chi connectivity index (χ1n) is 6.46. The number of hydrogen-bond acceptors (Lipinski definition) is 0. The lowest BCUT2D eigenvalue weighted by Crippen LogP contribution is -1.79. The van der Waals surface area contributed by atoms with Crippen molar-refractivity contribution in [3.8, 4) is 0 Å². The van der Waals surface area contributed by atoms with Crippen LogP contribution in [0.1, 0.15) is 65.2 Å². The summed E-state index contributed by atoms with van der Waals surface area (Å²) in [5.74, 6) is 0. The molecule has 0 nitrogen and oxygen atoms in total. The van der Waals surface area contributed by atoms with Crippen LogP contribution in [0.25, 0.3) is 0 Å². The van der Waals surface area contributed by atoms with E-state index in [2.05, 4.69) is 13.8 Å². The van der Waals surface area contributed by atoms with Crippen LogP contribution in [0.2, 0.25) is 0 Å². The summed E-state index contributed by atoms with van der Waals surface area (Å²) in [5, 5.41) is 0. The number of rotatable bonds is 11. The molecular weight excluding hydrogens is 206 g/mol. The summed E-state index contributed by atoms with van der Waals surface area (Å²) >= 11 is 0. The smallest absolute Gasteiger partial charge is 0.0569 e. The van der Waals surface area contributed by atoms with Gasteiger partial charge in [0.25, 0.3) is 0 Å². The first-order chi connectivity index (χ1) is 6.91. The minimum atomic E-state index is 0.832. The van der Waals surface area contributed by atoms with Crippen LogP contribution in [0.5, 0.6) is 0 Å². The van der Waals surface area contributed by atoms with Crippen LogP contribution in [-0.4, -0.2) is 12.3 Å². The Bertz CT molecular complexity index is 82.3. The summed E-state index contributed by atoms with van der Waals surface area (Å²) in [6.45, 7) is 4.59. The molecule has 14 heavy (non-hydrogen) atoms. The zero-order chi connectivity index (χ0) is 10.5. The molecule has 86 valence electrons. The van der Waals surface area contributed by atoms with E-state index in [9.17, 15) is 0 Å². The molecule has 0 radical (unpaired) electrons. The molecule has 0 aliphatic heterocycles. The molecule has 0 fully saturated rings. The minimum Gasteiger partial charge on any atom is -0.0654 e. The Balaban J connectivity index is 2.78. The molecule has 0 aliphatic carbocycles. The maximum Gasteiger partial charge on any atom is 0.0569 e. The summed E-state index contributed by atoms with van der Waals surface area (Å²) in [4.78, 5) is 0. The molecule has 0 saturated heterocycles. The van der Waals surface area contributed by atoms with E-state index in [0.29, 0.717) is 0 Å². The number of hydrogen-bond donors (Lipinski definition) is 0. The van der Waals surface area contributed by atoms with Gasteiger partial charge in [-0.1, -0.05) is 52.4 Å². The molecule has 0 aromatic heterocycles. The Labute approximate surface area is 94.5 Å². The highest BCUT2D eigenvalue weighted by Crippen LogP contribution is 2.37. The molecule has 0 N–H and O–H groups in total. The van der Waals surface area contributed by atoms with Crippen molar-refractivity contribution in [1.29, 1.82) is 0 Å². The molecule has 0 aromatic carbocycles. The van der Waals surface area contributed by atoms with Gasteiger partial charge in [0.15, 0.2) is 0 Å². The highest BCUT2D eigenvalue weighted by molar-refractivity contribution is 8.11. The van der Waals surface area contributed by atoms with Crippen LogP contribution < -0.4 is 0 Å². The van der Waals surface area contributed by atoms with Crippen LogP contribution >= 0.6 is 16.5 Å². The van der Waals surface area contributed by atoms with Crippen LogP contribution in [0.15, 0.2) is 0 Å². The average molecular weight is 235 g/mol. The largest absolute Gasteiger partial charge is 0.0654 e. The molecule has 0 heterocycles. The van der Waals surface area contributed by atoms with Gasteiger partial charge in [0.05, 0.1) is 6.16 Å². The van der Waals surface area contributed by atoms with Gasteiger partial charge in [0.2, 0.25) is 0 Å². The Hall–Kier alpha value is 0.860. The van der Waals surface area contributed by atoms with Gasteiger partial charge in [-0.05, 0) is 19.0 Å². The van der Waals surface area contributed by atoms with Gasteiger partial charge < -0.3 is 0 Å². The Morgan fingerprint density at radius 2 is 1.43 bits per heavy atom. The second kappa shape index (κ2) is 13.9. The summed E-state index contributed by atoms with van der Waals surface area (Å²) < 4.78 is 0. The van der Waals surface area contributed by atoms with Gasteiger partial charge >= 0.3 is 0 Å². The second-order valence-electron chi connectivity index (χ2n) is 4.07. The predicted octanol–water partition coefficient (Wildman–Crippen LogP) is 5.15. The first kappa shape index (κ1) is 14.9. The fourth-order valence-electron chi connectivity index (χ4n) is 1.52. The molecule has 0 saturated carbocycles. The van der Waals surface area contributed by atoms with Crippen molar-refractivity contribution in [3.05, 3.63) is 0 Å². The van der Waals surface area contributed by atoms with Crippen molar-refractivity contribution in [2.45, 2.75) is 65.2 Å². The van der Waals surface area contributed by atoms with Crippen molar-refractivity contribution in [2.75, 3.05) is 12.3 Å². The van der Waals surface area contributed by atoms with Gasteiger partial charge in [-0.25, -0.2) is 0 Å². The lowest BCUT2D eigenvalue weighted by atomic mass is 10.1. The summed E-state index contributed by atoms with van der Waals surface area (Å²) in [7, 11) is 2.17. The SMILES string of the molecule is CCCCCCCCP[PH2+]CCCC. The molecule has 0 amide bonds. The molecule has 0 aromatic rings. The zero-order valence-electron chi connectivity index (χ0n) is 10.1. The molecule has 0 aliphatic rings. The van der Waals surface area contributed by atoms with E-state index >= 15 is 0 Å². The monoisotopic (exact) mass is 235 g/mol. The van der Waals surface area contributed by atoms with E-state index in [1.807, 2.05) is 0 Å². The maximum atomic E-state index is 2.30. The summed E-state index contributed by atoms with van der Waals surface area (Å²) in [6.07, 6.45) is 14.8. The van der Waals surface area contributed by atoms with Crippen molar-refractivity contribution >= 4 is 16.5 Å². The third-order valence-electron chi connectivity index (χ3n) is 2.52. The third kappa shape index (κ3) is 12.9. The van der Waals surface area contributed by atoms with E-state index < -0.39 is 0 Å². The van der Waals surface area contributed by atoms with Crippen molar-refractivity contribution < 1.29 is 0 Å². The van der Waals surface area contributed by atoms with Gasteiger partial charge in [-0.15, -0.1) is 0 Å². The molecule has 2 unspecified atom stereocenters. The van der Waals surface area contributed by atoms with Crippen LogP contribution in [-0.2, 0) is 0 Å². The lowest BCUT2D eigenvalue weighted by molar-refractivity contribution is 0.627. The molecule has 0 spiro atoms. The van der Waals surface area contributed by atoms with Gasteiger partial charge in [-0.2, -0.15) is 0 Å². The fraction of sp³-hybridized carbons (Fsp3) is 1.00. The Kier molecular flexibility index (Phi) is 14.7. The standard InChI is InChI=1S/C12H28P2/c1-3-5-7-8-9-10-12-14-13-11-6-4-2/h13-14H,3-12H2,1-2H3/p+1. The van der Waals surface area contributed by atoms with Crippen molar-refractivity contribution in [2.24, 2.45) is 0 Å². The molecule has 0 bridgehead atoms. The summed E-state index contributed by atoms with van der Waals surface area (Å²) in [6, 6.07) is 0. The van der Waals surface area contributed by atoms with Gasteiger partial charge in [0.1, 0.15) is 0 Å². The Morgan fingerprint density at radius 1 is 0.786 bits per heavy atom. The number of unbranched alkanes of at least 4 members (excludes halogenated alkanes) is 6.